The number of hydrogen-bond acceptors (Lipinski definition) is 3. The summed E-state index contributed by atoms with van der Waals surface area (Å²) >= 11 is 0. The molecule has 4 heteroatoms. The molecule has 0 amide bonds. The minimum absolute atomic E-state index is 0.314. The van der Waals surface area contributed by atoms with Gasteiger partial charge in [0.2, 0.25) is 0 Å². The molecule has 1 heterocycles. The summed E-state index contributed by atoms with van der Waals surface area (Å²) in [4.78, 5) is 3.89. The third kappa shape index (κ3) is 1.58. The highest BCUT2D eigenvalue weighted by Crippen LogP contribution is 2.10. The molecule has 0 aliphatic heterocycles. The SMILES string of the molecule is CC(C)(C=NO)n1ccnc1. The van der Waals surface area contributed by atoms with Crippen molar-refractivity contribution in [3.8, 4) is 0 Å². The van der Waals surface area contributed by atoms with Gasteiger partial charge in [-0.1, -0.05) is 5.16 Å². The zero-order valence-electron chi connectivity index (χ0n) is 6.60. The van der Waals surface area contributed by atoms with Crippen molar-refractivity contribution in [2.75, 3.05) is 0 Å². The van der Waals surface area contributed by atoms with E-state index in [9.17, 15) is 0 Å². The number of nitrogens with zero attached hydrogens (tertiary/aromatic N) is 3. The highest BCUT2D eigenvalue weighted by Gasteiger charge is 2.15. The Morgan fingerprint density at radius 2 is 2.36 bits per heavy atom. The maximum Gasteiger partial charge on any atom is 0.0954 e. The predicted molar refractivity (Wildman–Crippen MR) is 41.8 cm³/mol. The van der Waals surface area contributed by atoms with Gasteiger partial charge in [-0.15, -0.1) is 0 Å². The van der Waals surface area contributed by atoms with E-state index in [1.54, 1.807) is 12.5 Å². The molecule has 11 heavy (non-hydrogen) atoms. The Labute approximate surface area is 65.2 Å². The lowest BCUT2D eigenvalue weighted by molar-refractivity contribution is 0.313. The Kier molecular flexibility index (Phi) is 1.94. The minimum Gasteiger partial charge on any atom is -0.411 e. The molecule has 0 aliphatic carbocycles. The quantitative estimate of drug-likeness (QED) is 0.392. The van der Waals surface area contributed by atoms with E-state index in [2.05, 4.69) is 10.1 Å². The van der Waals surface area contributed by atoms with Crippen molar-refractivity contribution >= 4 is 6.21 Å². The molecule has 0 radical (unpaired) electrons. The fourth-order valence-corrected chi connectivity index (χ4v) is 0.808. The second-order valence-corrected chi connectivity index (χ2v) is 2.87. The highest BCUT2D eigenvalue weighted by atomic mass is 16.4. The normalized spacial score (nSPS) is 12.5. The van der Waals surface area contributed by atoms with Gasteiger partial charge in [0.05, 0.1) is 18.1 Å². The molecule has 1 rings (SSSR count). The molecule has 0 spiro atoms. The third-order valence-corrected chi connectivity index (χ3v) is 1.54. The maximum atomic E-state index is 8.34. The van der Waals surface area contributed by atoms with E-state index in [1.165, 1.54) is 6.21 Å². The van der Waals surface area contributed by atoms with Crippen LogP contribution in [0.25, 0.3) is 0 Å². The van der Waals surface area contributed by atoms with Crippen LogP contribution in [0.5, 0.6) is 0 Å². The van der Waals surface area contributed by atoms with Gasteiger partial charge >= 0.3 is 0 Å². The number of oxime groups is 1. The van der Waals surface area contributed by atoms with E-state index in [1.807, 2.05) is 24.6 Å². The van der Waals surface area contributed by atoms with Crippen LogP contribution in [-0.2, 0) is 5.54 Å². The average Bonchev–Trinajstić information content (AvgIpc) is 2.37. The number of rotatable bonds is 2. The fourth-order valence-electron chi connectivity index (χ4n) is 0.808. The molecule has 0 aromatic carbocycles. The molecule has 0 saturated heterocycles. The summed E-state index contributed by atoms with van der Waals surface area (Å²) in [5, 5.41) is 11.3. The molecular weight excluding hydrogens is 142 g/mol. The van der Waals surface area contributed by atoms with Gasteiger partial charge in [-0.3, -0.25) is 0 Å². The molecule has 1 N–H and O–H groups in total. The molecule has 0 fully saturated rings. The molecule has 0 saturated carbocycles. The second kappa shape index (κ2) is 2.74. The van der Waals surface area contributed by atoms with Crippen LogP contribution >= 0.6 is 0 Å². The highest BCUT2D eigenvalue weighted by molar-refractivity contribution is 5.66. The van der Waals surface area contributed by atoms with Crippen LogP contribution in [0.4, 0.5) is 0 Å². The zero-order valence-corrected chi connectivity index (χ0v) is 6.60. The maximum absolute atomic E-state index is 8.34. The first-order valence-electron chi connectivity index (χ1n) is 3.34. The Morgan fingerprint density at radius 3 is 2.82 bits per heavy atom. The van der Waals surface area contributed by atoms with Gasteiger partial charge in [-0.2, -0.15) is 0 Å². The van der Waals surface area contributed by atoms with Gasteiger partial charge in [0, 0.05) is 12.4 Å². The van der Waals surface area contributed by atoms with Crippen LogP contribution < -0.4 is 0 Å². The fraction of sp³-hybridized carbons (Fsp3) is 0.429. The Hall–Kier alpha value is -1.32. The van der Waals surface area contributed by atoms with Crippen molar-refractivity contribution in [2.24, 2.45) is 5.16 Å². The summed E-state index contributed by atoms with van der Waals surface area (Å²) in [6, 6.07) is 0. The van der Waals surface area contributed by atoms with Crippen LogP contribution in [0.2, 0.25) is 0 Å². The van der Waals surface area contributed by atoms with Gasteiger partial charge in [0.1, 0.15) is 0 Å². The van der Waals surface area contributed by atoms with E-state index < -0.39 is 0 Å². The Bertz CT molecular complexity index is 238. The molecule has 4 nitrogen and oxygen atoms in total. The summed E-state index contributed by atoms with van der Waals surface area (Å²) in [5.41, 5.74) is -0.314. The lowest BCUT2D eigenvalue weighted by atomic mass is 10.1. The summed E-state index contributed by atoms with van der Waals surface area (Å²) in [6.45, 7) is 3.85. The number of hydrogen-bond donors (Lipinski definition) is 1. The molecule has 0 unspecified atom stereocenters. The van der Waals surface area contributed by atoms with Crippen LogP contribution in [0.1, 0.15) is 13.8 Å². The van der Waals surface area contributed by atoms with Crippen LogP contribution in [0, 0.1) is 0 Å². The predicted octanol–water partition coefficient (Wildman–Crippen LogP) is 1.08. The first kappa shape index (κ1) is 7.78. The van der Waals surface area contributed by atoms with Crippen molar-refractivity contribution in [2.45, 2.75) is 19.4 Å². The molecule has 0 atom stereocenters. The summed E-state index contributed by atoms with van der Waals surface area (Å²) < 4.78 is 1.85. The van der Waals surface area contributed by atoms with Crippen molar-refractivity contribution in [1.82, 2.24) is 9.55 Å². The smallest absolute Gasteiger partial charge is 0.0954 e. The summed E-state index contributed by atoms with van der Waals surface area (Å²) in [5.74, 6) is 0. The third-order valence-electron chi connectivity index (χ3n) is 1.54. The molecule has 60 valence electrons. The van der Waals surface area contributed by atoms with Crippen LogP contribution in [0.15, 0.2) is 23.9 Å². The summed E-state index contributed by atoms with van der Waals surface area (Å²) in [7, 11) is 0. The van der Waals surface area contributed by atoms with Crippen molar-refractivity contribution in [1.29, 1.82) is 0 Å². The van der Waals surface area contributed by atoms with Gasteiger partial charge in [-0.25, -0.2) is 4.98 Å². The largest absolute Gasteiger partial charge is 0.411 e. The van der Waals surface area contributed by atoms with Crippen molar-refractivity contribution in [3.05, 3.63) is 18.7 Å². The van der Waals surface area contributed by atoms with Crippen LogP contribution in [0.3, 0.4) is 0 Å². The average molecular weight is 153 g/mol. The Balaban J connectivity index is 2.90. The molecule has 0 bridgehead atoms. The van der Waals surface area contributed by atoms with E-state index >= 15 is 0 Å². The first-order valence-corrected chi connectivity index (χ1v) is 3.34. The molecule has 1 aromatic heterocycles. The minimum atomic E-state index is -0.314. The Morgan fingerprint density at radius 1 is 1.64 bits per heavy atom. The zero-order chi connectivity index (χ0) is 8.32. The van der Waals surface area contributed by atoms with Crippen molar-refractivity contribution < 1.29 is 5.21 Å². The second-order valence-electron chi connectivity index (χ2n) is 2.87. The van der Waals surface area contributed by atoms with Gasteiger partial charge in [0.25, 0.3) is 0 Å². The lowest BCUT2D eigenvalue weighted by Gasteiger charge is -2.19. The van der Waals surface area contributed by atoms with E-state index in [0.717, 1.165) is 0 Å². The van der Waals surface area contributed by atoms with E-state index in [-0.39, 0.29) is 5.54 Å². The summed E-state index contributed by atoms with van der Waals surface area (Å²) in [6.07, 6.45) is 6.64. The van der Waals surface area contributed by atoms with E-state index in [0.29, 0.717) is 0 Å². The molecule has 0 aliphatic rings. The standard InChI is InChI=1S/C7H11N3O/c1-7(2,5-9-11)10-4-3-8-6-10/h3-6,11H,1-2H3. The van der Waals surface area contributed by atoms with Crippen molar-refractivity contribution in [3.63, 3.8) is 0 Å². The lowest BCUT2D eigenvalue weighted by Crippen LogP contribution is -2.26. The molecular formula is C7H11N3O. The van der Waals surface area contributed by atoms with Gasteiger partial charge < -0.3 is 9.77 Å². The van der Waals surface area contributed by atoms with Gasteiger partial charge in [0.15, 0.2) is 0 Å². The molecule has 1 aromatic rings. The first-order chi connectivity index (χ1) is 5.17. The number of aromatic nitrogens is 2. The topological polar surface area (TPSA) is 50.4 Å². The van der Waals surface area contributed by atoms with E-state index in [4.69, 9.17) is 5.21 Å². The number of imidazole rings is 1. The van der Waals surface area contributed by atoms with Gasteiger partial charge in [-0.05, 0) is 13.8 Å². The monoisotopic (exact) mass is 153 g/mol. The van der Waals surface area contributed by atoms with Crippen LogP contribution in [-0.4, -0.2) is 21.0 Å².